The molecule has 2 heteroatoms. The van der Waals surface area contributed by atoms with Crippen LogP contribution in [0.5, 0.6) is 0 Å². The van der Waals surface area contributed by atoms with Gasteiger partial charge in [-0.25, -0.2) is 0 Å². The summed E-state index contributed by atoms with van der Waals surface area (Å²) in [5, 5.41) is 3.48. The molecule has 1 unspecified atom stereocenters. The van der Waals surface area contributed by atoms with Gasteiger partial charge in [-0.15, -0.1) is 0 Å². The molecule has 1 N–H and O–H groups in total. The lowest BCUT2D eigenvalue weighted by Gasteiger charge is -2.34. The summed E-state index contributed by atoms with van der Waals surface area (Å²) in [5.41, 5.74) is 0.567. The van der Waals surface area contributed by atoms with Crippen LogP contribution in [0.1, 0.15) is 32.6 Å². The number of nitrogens with zero attached hydrogens (tertiary/aromatic N) is 1. The molecule has 2 aliphatic rings. The summed E-state index contributed by atoms with van der Waals surface area (Å²) in [6.07, 6.45) is 5.65. The van der Waals surface area contributed by atoms with Crippen LogP contribution in [0.4, 0.5) is 0 Å². The molecule has 2 heterocycles. The van der Waals surface area contributed by atoms with Crippen LogP contribution in [0.3, 0.4) is 0 Å². The highest BCUT2D eigenvalue weighted by Gasteiger charge is 2.30. The Labute approximate surface area is 81.7 Å². The molecule has 2 nitrogen and oxygen atoms in total. The van der Waals surface area contributed by atoms with Gasteiger partial charge < -0.3 is 10.2 Å². The topological polar surface area (TPSA) is 15.3 Å². The summed E-state index contributed by atoms with van der Waals surface area (Å²) >= 11 is 0. The molecule has 1 atom stereocenters. The average Bonchev–Trinajstić information content (AvgIpc) is 2.54. The maximum absolute atomic E-state index is 3.48. The van der Waals surface area contributed by atoms with Gasteiger partial charge in [-0.05, 0) is 44.3 Å². The highest BCUT2D eigenvalue weighted by Crippen LogP contribution is 2.26. The van der Waals surface area contributed by atoms with E-state index in [4.69, 9.17) is 0 Å². The van der Waals surface area contributed by atoms with Gasteiger partial charge in [0.25, 0.3) is 0 Å². The lowest BCUT2D eigenvalue weighted by molar-refractivity contribution is 0.153. The van der Waals surface area contributed by atoms with E-state index in [9.17, 15) is 0 Å². The fraction of sp³-hybridized carbons (Fsp3) is 1.00. The summed E-state index contributed by atoms with van der Waals surface area (Å²) in [4.78, 5) is 2.66. The molecule has 0 amide bonds. The molecule has 0 aromatic heterocycles. The summed E-state index contributed by atoms with van der Waals surface area (Å²) in [7, 11) is 0. The molecule has 0 bridgehead atoms. The zero-order valence-corrected chi connectivity index (χ0v) is 8.81. The number of rotatable bonds is 2. The second kappa shape index (κ2) is 3.97. The van der Waals surface area contributed by atoms with Gasteiger partial charge in [0.15, 0.2) is 0 Å². The Kier molecular flexibility index (Phi) is 2.89. The Morgan fingerprint density at radius 3 is 2.62 bits per heavy atom. The third kappa shape index (κ3) is 2.44. The predicted octanol–water partition coefficient (Wildman–Crippen LogP) is 1.47. The van der Waals surface area contributed by atoms with Crippen LogP contribution in [0.2, 0.25) is 0 Å². The highest BCUT2D eigenvalue weighted by atomic mass is 15.1. The first-order valence-corrected chi connectivity index (χ1v) is 5.72. The van der Waals surface area contributed by atoms with Crippen molar-refractivity contribution in [2.45, 2.75) is 32.6 Å². The third-order valence-electron chi connectivity index (χ3n) is 3.51. The van der Waals surface area contributed by atoms with Gasteiger partial charge in [0, 0.05) is 13.1 Å². The molecule has 0 radical (unpaired) electrons. The van der Waals surface area contributed by atoms with Crippen LogP contribution in [-0.4, -0.2) is 37.6 Å². The summed E-state index contributed by atoms with van der Waals surface area (Å²) in [5.74, 6) is 0. The lowest BCUT2D eigenvalue weighted by Crippen LogP contribution is -2.40. The molecule has 0 spiro atoms. The number of piperidine rings is 1. The molecule has 2 aliphatic heterocycles. The molecule has 0 saturated carbocycles. The fourth-order valence-electron chi connectivity index (χ4n) is 2.66. The van der Waals surface area contributed by atoms with Crippen molar-refractivity contribution in [3.8, 4) is 0 Å². The first-order valence-electron chi connectivity index (χ1n) is 5.72. The van der Waals surface area contributed by atoms with Gasteiger partial charge in [-0.1, -0.05) is 13.3 Å². The van der Waals surface area contributed by atoms with Crippen LogP contribution in [0.25, 0.3) is 0 Å². The number of likely N-dealkylation sites (tertiary alicyclic amines) is 1. The van der Waals surface area contributed by atoms with Gasteiger partial charge in [-0.2, -0.15) is 0 Å². The first kappa shape index (κ1) is 9.47. The maximum atomic E-state index is 3.48. The van der Waals surface area contributed by atoms with E-state index in [0.717, 1.165) is 0 Å². The van der Waals surface area contributed by atoms with Crippen molar-refractivity contribution in [1.82, 2.24) is 10.2 Å². The van der Waals surface area contributed by atoms with E-state index in [1.165, 1.54) is 58.4 Å². The molecular weight excluding hydrogens is 160 g/mol. The number of hydrogen-bond acceptors (Lipinski definition) is 2. The van der Waals surface area contributed by atoms with E-state index >= 15 is 0 Å². The van der Waals surface area contributed by atoms with Crippen molar-refractivity contribution >= 4 is 0 Å². The zero-order valence-electron chi connectivity index (χ0n) is 8.81. The third-order valence-corrected chi connectivity index (χ3v) is 3.51. The second-order valence-corrected chi connectivity index (χ2v) is 5.07. The zero-order chi connectivity index (χ0) is 9.15. The molecule has 76 valence electrons. The maximum Gasteiger partial charge on any atom is 0.00480 e. The van der Waals surface area contributed by atoms with Crippen molar-refractivity contribution in [2.75, 3.05) is 32.7 Å². The lowest BCUT2D eigenvalue weighted by atomic mass is 9.88. The van der Waals surface area contributed by atoms with E-state index in [1.807, 2.05) is 0 Å². The molecular formula is C11H22N2. The summed E-state index contributed by atoms with van der Waals surface area (Å²) in [6.45, 7) is 8.89. The fourth-order valence-corrected chi connectivity index (χ4v) is 2.66. The smallest absolute Gasteiger partial charge is 0.00480 e. The minimum Gasteiger partial charge on any atom is -0.316 e. The Morgan fingerprint density at radius 1 is 1.23 bits per heavy atom. The summed E-state index contributed by atoms with van der Waals surface area (Å²) in [6, 6.07) is 0. The van der Waals surface area contributed by atoms with Gasteiger partial charge >= 0.3 is 0 Å². The normalized spacial score (nSPS) is 36.7. The van der Waals surface area contributed by atoms with E-state index in [2.05, 4.69) is 17.1 Å². The Morgan fingerprint density at radius 2 is 2.00 bits per heavy atom. The quantitative estimate of drug-likeness (QED) is 0.696. The highest BCUT2D eigenvalue weighted by molar-refractivity contribution is 4.87. The summed E-state index contributed by atoms with van der Waals surface area (Å²) < 4.78 is 0. The van der Waals surface area contributed by atoms with Crippen molar-refractivity contribution in [1.29, 1.82) is 0 Å². The van der Waals surface area contributed by atoms with Crippen molar-refractivity contribution in [3.63, 3.8) is 0 Å². The van der Waals surface area contributed by atoms with Crippen molar-refractivity contribution in [2.24, 2.45) is 5.41 Å². The van der Waals surface area contributed by atoms with Crippen LogP contribution < -0.4 is 5.32 Å². The van der Waals surface area contributed by atoms with Crippen LogP contribution in [-0.2, 0) is 0 Å². The number of nitrogens with one attached hydrogen (secondary N) is 1. The van der Waals surface area contributed by atoms with E-state index in [1.54, 1.807) is 0 Å². The van der Waals surface area contributed by atoms with Crippen molar-refractivity contribution in [3.05, 3.63) is 0 Å². The van der Waals surface area contributed by atoms with E-state index in [0.29, 0.717) is 5.41 Å². The molecule has 0 aliphatic carbocycles. The van der Waals surface area contributed by atoms with Crippen LogP contribution in [0, 0.1) is 5.41 Å². The Bertz CT molecular complexity index is 155. The van der Waals surface area contributed by atoms with E-state index in [-0.39, 0.29) is 0 Å². The second-order valence-electron chi connectivity index (χ2n) is 5.07. The standard InChI is InChI=1S/C11H22N2/c1-11(5-6-12-9-11)10-13-7-3-2-4-8-13/h12H,2-10H2,1H3. The minimum atomic E-state index is 0.567. The molecule has 0 aromatic rings. The van der Waals surface area contributed by atoms with Gasteiger partial charge in [0.1, 0.15) is 0 Å². The Hall–Kier alpha value is -0.0800. The minimum absolute atomic E-state index is 0.567. The number of hydrogen-bond donors (Lipinski definition) is 1. The first-order chi connectivity index (χ1) is 6.29. The SMILES string of the molecule is CC1(CN2CCCCC2)CCNC1. The van der Waals surface area contributed by atoms with Gasteiger partial charge in [-0.3, -0.25) is 0 Å². The Balaban J connectivity index is 1.81. The molecule has 2 fully saturated rings. The van der Waals surface area contributed by atoms with E-state index < -0.39 is 0 Å². The molecule has 2 rings (SSSR count). The molecule has 13 heavy (non-hydrogen) atoms. The van der Waals surface area contributed by atoms with Crippen LogP contribution in [0.15, 0.2) is 0 Å². The average molecular weight is 182 g/mol. The monoisotopic (exact) mass is 182 g/mol. The van der Waals surface area contributed by atoms with Gasteiger partial charge in [0.05, 0.1) is 0 Å². The molecule has 2 saturated heterocycles. The van der Waals surface area contributed by atoms with Crippen LogP contribution >= 0.6 is 0 Å². The van der Waals surface area contributed by atoms with Gasteiger partial charge in [0.2, 0.25) is 0 Å². The predicted molar refractivity (Wildman–Crippen MR) is 55.9 cm³/mol. The largest absolute Gasteiger partial charge is 0.316 e. The van der Waals surface area contributed by atoms with Crippen molar-refractivity contribution < 1.29 is 0 Å². The molecule has 0 aromatic carbocycles.